The first-order valence-electron chi connectivity index (χ1n) is 9.23. The van der Waals surface area contributed by atoms with E-state index in [0.717, 1.165) is 5.56 Å². The maximum absolute atomic E-state index is 6.21. The maximum atomic E-state index is 6.21. The monoisotopic (exact) mass is 410 g/mol. The molecule has 142 valence electrons. The van der Waals surface area contributed by atoms with Gasteiger partial charge in [0.15, 0.2) is 0 Å². The minimum absolute atomic E-state index is 0.0762. The first-order chi connectivity index (χ1) is 13.5. The van der Waals surface area contributed by atoms with E-state index in [1.165, 1.54) is 16.7 Å². The molecule has 0 saturated heterocycles. The standard InChI is InChI=1S/C23H20Cl2N2O/c1-14(2)15-3-5-16(6-4-15)17-7-9-18(10-8-17)21-13-28-23(27-21)22-19(24)11-26-12-20(22)25/h3-12,14,21H,13H2,1-2H3. The Kier molecular flexibility index (Phi) is 5.38. The van der Waals surface area contributed by atoms with E-state index in [2.05, 4.69) is 72.4 Å². The number of aliphatic imine (C=N–C) groups is 1. The summed E-state index contributed by atoms with van der Waals surface area (Å²) in [5.41, 5.74) is 5.43. The molecule has 2 heterocycles. The van der Waals surface area contributed by atoms with Crippen molar-refractivity contribution in [3.8, 4) is 11.1 Å². The van der Waals surface area contributed by atoms with Gasteiger partial charge in [0.25, 0.3) is 0 Å². The third-order valence-corrected chi connectivity index (χ3v) is 5.50. The molecule has 1 atom stereocenters. The van der Waals surface area contributed by atoms with E-state index in [1.807, 2.05) is 0 Å². The number of benzene rings is 2. The predicted molar refractivity (Wildman–Crippen MR) is 115 cm³/mol. The van der Waals surface area contributed by atoms with Crippen molar-refractivity contribution < 1.29 is 4.74 Å². The first-order valence-corrected chi connectivity index (χ1v) is 9.99. The number of hydrogen-bond donors (Lipinski definition) is 0. The summed E-state index contributed by atoms with van der Waals surface area (Å²) in [7, 11) is 0. The molecule has 28 heavy (non-hydrogen) atoms. The van der Waals surface area contributed by atoms with Crippen molar-refractivity contribution in [1.29, 1.82) is 0 Å². The van der Waals surface area contributed by atoms with Crippen LogP contribution in [-0.2, 0) is 4.74 Å². The normalized spacial score (nSPS) is 16.2. The molecule has 0 radical (unpaired) electrons. The Bertz CT molecular complexity index is 992. The second kappa shape index (κ2) is 7.94. The van der Waals surface area contributed by atoms with Gasteiger partial charge in [-0.05, 0) is 28.2 Å². The van der Waals surface area contributed by atoms with Gasteiger partial charge in [-0.2, -0.15) is 0 Å². The molecule has 3 aromatic rings. The summed E-state index contributed by atoms with van der Waals surface area (Å²) in [4.78, 5) is 8.65. The topological polar surface area (TPSA) is 34.5 Å². The number of ether oxygens (including phenoxy) is 1. The van der Waals surface area contributed by atoms with Crippen LogP contribution in [0.5, 0.6) is 0 Å². The highest BCUT2D eigenvalue weighted by atomic mass is 35.5. The largest absolute Gasteiger partial charge is 0.475 e. The molecule has 5 heteroatoms. The van der Waals surface area contributed by atoms with Gasteiger partial charge in [0, 0.05) is 12.4 Å². The van der Waals surface area contributed by atoms with Crippen molar-refractivity contribution in [2.75, 3.05) is 6.61 Å². The maximum Gasteiger partial charge on any atom is 0.220 e. The highest BCUT2D eigenvalue weighted by Gasteiger charge is 2.25. The number of rotatable bonds is 4. The molecule has 1 aromatic heterocycles. The van der Waals surface area contributed by atoms with Crippen molar-refractivity contribution in [3.05, 3.63) is 87.7 Å². The van der Waals surface area contributed by atoms with E-state index in [1.54, 1.807) is 12.4 Å². The summed E-state index contributed by atoms with van der Waals surface area (Å²) >= 11 is 12.4. The molecule has 0 amide bonds. The lowest BCUT2D eigenvalue weighted by Gasteiger charge is -2.09. The lowest BCUT2D eigenvalue weighted by atomic mass is 9.97. The van der Waals surface area contributed by atoms with Crippen LogP contribution in [0.25, 0.3) is 11.1 Å². The van der Waals surface area contributed by atoms with Gasteiger partial charge in [0.1, 0.15) is 12.6 Å². The summed E-state index contributed by atoms with van der Waals surface area (Å²) in [5, 5.41) is 0.874. The van der Waals surface area contributed by atoms with Crippen LogP contribution < -0.4 is 0 Å². The van der Waals surface area contributed by atoms with Crippen LogP contribution in [0.4, 0.5) is 0 Å². The van der Waals surface area contributed by atoms with Crippen LogP contribution in [0, 0.1) is 0 Å². The molecule has 4 rings (SSSR count). The number of pyridine rings is 1. The molecule has 0 spiro atoms. The molecule has 0 bridgehead atoms. The van der Waals surface area contributed by atoms with Crippen LogP contribution in [0.15, 0.2) is 65.9 Å². The fourth-order valence-corrected chi connectivity index (χ4v) is 3.78. The van der Waals surface area contributed by atoms with Crippen LogP contribution in [0.2, 0.25) is 10.0 Å². The van der Waals surface area contributed by atoms with E-state index in [9.17, 15) is 0 Å². The van der Waals surface area contributed by atoms with Crippen LogP contribution >= 0.6 is 23.2 Å². The molecule has 0 N–H and O–H groups in total. The minimum Gasteiger partial charge on any atom is -0.475 e. The molecule has 0 fully saturated rings. The summed E-state index contributed by atoms with van der Waals surface area (Å²) in [5.74, 6) is 1.00. The van der Waals surface area contributed by atoms with E-state index < -0.39 is 0 Å². The molecular formula is C23H20Cl2N2O. The smallest absolute Gasteiger partial charge is 0.220 e. The SMILES string of the molecule is CC(C)c1ccc(-c2ccc(C3COC(c4c(Cl)cncc4Cl)=N3)cc2)cc1. The number of nitrogens with zero attached hydrogens (tertiary/aromatic N) is 2. The zero-order chi connectivity index (χ0) is 19.7. The van der Waals surface area contributed by atoms with Crippen molar-refractivity contribution in [3.63, 3.8) is 0 Å². The fourth-order valence-electron chi connectivity index (χ4n) is 3.26. The van der Waals surface area contributed by atoms with E-state index in [0.29, 0.717) is 34.0 Å². The van der Waals surface area contributed by atoms with Gasteiger partial charge in [-0.3, -0.25) is 4.98 Å². The van der Waals surface area contributed by atoms with E-state index >= 15 is 0 Å². The van der Waals surface area contributed by atoms with Crippen molar-refractivity contribution >= 4 is 29.1 Å². The molecule has 3 nitrogen and oxygen atoms in total. The molecular weight excluding hydrogens is 391 g/mol. The van der Waals surface area contributed by atoms with Gasteiger partial charge in [0.05, 0.1) is 15.6 Å². The highest BCUT2D eigenvalue weighted by molar-refractivity contribution is 6.39. The molecule has 1 aliphatic heterocycles. The average molecular weight is 411 g/mol. The Morgan fingerprint density at radius 3 is 2.04 bits per heavy atom. The summed E-state index contributed by atoms with van der Waals surface area (Å²) in [6, 6.07) is 17.1. The Labute approximate surface area is 175 Å². The van der Waals surface area contributed by atoms with E-state index in [4.69, 9.17) is 27.9 Å². The third-order valence-electron chi connectivity index (χ3n) is 4.92. The molecule has 0 saturated carbocycles. The number of hydrogen-bond acceptors (Lipinski definition) is 3. The Balaban J connectivity index is 1.55. The van der Waals surface area contributed by atoms with Crippen LogP contribution in [-0.4, -0.2) is 17.5 Å². The van der Waals surface area contributed by atoms with Crippen LogP contribution in [0.3, 0.4) is 0 Å². The zero-order valence-corrected chi connectivity index (χ0v) is 17.2. The fraction of sp³-hybridized carbons (Fsp3) is 0.217. The van der Waals surface area contributed by atoms with Crippen LogP contribution in [0.1, 0.15) is 42.5 Å². The Morgan fingerprint density at radius 1 is 0.893 bits per heavy atom. The number of aromatic nitrogens is 1. The molecule has 1 unspecified atom stereocenters. The molecule has 1 aliphatic rings. The second-order valence-corrected chi connectivity index (χ2v) is 7.95. The van der Waals surface area contributed by atoms with E-state index in [-0.39, 0.29) is 6.04 Å². The van der Waals surface area contributed by atoms with Gasteiger partial charge in [-0.1, -0.05) is 85.6 Å². The highest BCUT2D eigenvalue weighted by Crippen LogP contribution is 2.32. The molecule has 0 aliphatic carbocycles. The van der Waals surface area contributed by atoms with Gasteiger partial charge in [-0.15, -0.1) is 0 Å². The lowest BCUT2D eigenvalue weighted by Crippen LogP contribution is -2.03. The lowest BCUT2D eigenvalue weighted by molar-refractivity contribution is 0.320. The Morgan fingerprint density at radius 2 is 1.46 bits per heavy atom. The van der Waals surface area contributed by atoms with Gasteiger partial charge >= 0.3 is 0 Å². The van der Waals surface area contributed by atoms with Gasteiger partial charge in [0.2, 0.25) is 5.90 Å². The zero-order valence-electron chi connectivity index (χ0n) is 15.7. The summed E-state index contributed by atoms with van der Waals surface area (Å²) < 4.78 is 5.77. The van der Waals surface area contributed by atoms with Crippen molar-refractivity contribution in [1.82, 2.24) is 4.98 Å². The third kappa shape index (κ3) is 3.78. The Hall–Kier alpha value is -2.36. The van der Waals surface area contributed by atoms with Gasteiger partial charge < -0.3 is 4.74 Å². The average Bonchev–Trinajstić information content (AvgIpc) is 3.18. The number of halogens is 2. The summed E-state index contributed by atoms with van der Waals surface area (Å²) in [6.07, 6.45) is 3.09. The minimum atomic E-state index is -0.0762. The second-order valence-electron chi connectivity index (χ2n) is 7.14. The van der Waals surface area contributed by atoms with Crippen molar-refractivity contribution in [2.24, 2.45) is 4.99 Å². The predicted octanol–water partition coefficient (Wildman–Crippen LogP) is 6.70. The quantitative estimate of drug-likeness (QED) is 0.479. The van der Waals surface area contributed by atoms with Crippen molar-refractivity contribution in [2.45, 2.75) is 25.8 Å². The molecule has 2 aromatic carbocycles. The first kappa shape index (κ1) is 19.0. The summed E-state index contributed by atoms with van der Waals surface area (Å²) in [6.45, 7) is 4.87. The van der Waals surface area contributed by atoms with Gasteiger partial charge in [-0.25, -0.2) is 4.99 Å².